The van der Waals surface area contributed by atoms with Crippen molar-refractivity contribution in [2.45, 2.75) is 6.18 Å². The van der Waals surface area contributed by atoms with E-state index in [0.717, 1.165) is 6.07 Å². The average molecular weight is 493 g/mol. The van der Waals surface area contributed by atoms with E-state index in [-0.39, 0.29) is 31.1 Å². The average Bonchev–Trinajstić information content (AvgIpc) is 3.12. The van der Waals surface area contributed by atoms with Crippen LogP contribution in [0.3, 0.4) is 0 Å². The molecule has 0 bridgehead atoms. The molecular formula is C16H8F3IrN2O-. The summed E-state index contributed by atoms with van der Waals surface area (Å²) in [5, 5.41) is 4.54. The second kappa shape index (κ2) is 5.51. The van der Waals surface area contributed by atoms with E-state index in [1.165, 1.54) is 16.8 Å². The van der Waals surface area contributed by atoms with Gasteiger partial charge in [0, 0.05) is 43.5 Å². The van der Waals surface area contributed by atoms with Gasteiger partial charge in [-0.2, -0.15) is 36.5 Å². The first-order valence-electron chi connectivity index (χ1n) is 6.49. The molecule has 0 amide bonds. The molecule has 3 nitrogen and oxygen atoms in total. The Balaban J connectivity index is 0.00000156. The minimum atomic E-state index is -4.44. The van der Waals surface area contributed by atoms with Crippen molar-refractivity contribution in [1.29, 1.82) is 0 Å². The fourth-order valence-corrected chi connectivity index (χ4v) is 2.58. The molecule has 0 N–H and O–H groups in total. The van der Waals surface area contributed by atoms with Crippen LogP contribution in [0.1, 0.15) is 5.56 Å². The molecule has 4 aromatic rings. The van der Waals surface area contributed by atoms with Crippen LogP contribution in [-0.2, 0) is 26.3 Å². The van der Waals surface area contributed by atoms with Crippen LogP contribution in [-0.4, -0.2) is 9.78 Å². The summed E-state index contributed by atoms with van der Waals surface area (Å²) in [6.07, 6.45) is -1.18. The largest absolute Gasteiger partial charge is 0.513 e. The summed E-state index contributed by atoms with van der Waals surface area (Å²) in [4.78, 5) is 0. The maximum Gasteiger partial charge on any atom is 0.417 e. The molecule has 0 saturated carbocycles. The number of alkyl halides is 3. The summed E-state index contributed by atoms with van der Waals surface area (Å²) in [6.45, 7) is 0. The number of aromatic nitrogens is 2. The number of fused-ring (bicyclic) bond motifs is 3. The van der Waals surface area contributed by atoms with Gasteiger partial charge >= 0.3 is 6.18 Å². The number of hydrogen-bond donors (Lipinski definition) is 0. The van der Waals surface area contributed by atoms with Gasteiger partial charge < -0.3 is 4.42 Å². The van der Waals surface area contributed by atoms with Crippen LogP contribution >= 0.6 is 0 Å². The Kier molecular flexibility index (Phi) is 3.78. The van der Waals surface area contributed by atoms with Gasteiger partial charge in [0.25, 0.3) is 0 Å². The Labute approximate surface area is 142 Å². The molecule has 2 heterocycles. The van der Waals surface area contributed by atoms with Crippen LogP contribution in [0.25, 0.3) is 27.6 Å². The molecule has 2 aromatic heterocycles. The third-order valence-electron chi connectivity index (χ3n) is 3.48. The van der Waals surface area contributed by atoms with Crippen molar-refractivity contribution in [3.05, 3.63) is 60.4 Å². The molecule has 0 aliphatic carbocycles. The zero-order chi connectivity index (χ0) is 15.3. The molecule has 2 aromatic carbocycles. The monoisotopic (exact) mass is 494 g/mol. The van der Waals surface area contributed by atoms with E-state index in [1.54, 1.807) is 30.6 Å². The molecule has 0 spiro atoms. The van der Waals surface area contributed by atoms with Crippen LogP contribution in [0.15, 0.2) is 53.2 Å². The van der Waals surface area contributed by atoms with Gasteiger partial charge in [0.2, 0.25) is 0 Å². The maximum atomic E-state index is 13.2. The standard InChI is InChI=1S/C16H8F3N2O.Ir/c17-16(18,19)11-5-2-7-13-14(11)10-4-1-6-12(15(10)22-13)21-9-3-8-20-21;/h1-5,7-9H;/q-1;. The predicted octanol–water partition coefficient (Wildman–Crippen LogP) is 4.59. The summed E-state index contributed by atoms with van der Waals surface area (Å²) < 4.78 is 46.9. The zero-order valence-corrected chi connectivity index (χ0v) is 13.8. The van der Waals surface area contributed by atoms with Crippen molar-refractivity contribution in [2.24, 2.45) is 0 Å². The van der Waals surface area contributed by atoms with Crippen LogP contribution in [0, 0.1) is 6.07 Å². The van der Waals surface area contributed by atoms with Crippen molar-refractivity contribution in [1.82, 2.24) is 9.78 Å². The Hall–Kier alpha value is -2.11. The number of rotatable bonds is 1. The van der Waals surface area contributed by atoms with E-state index in [4.69, 9.17) is 4.42 Å². The zero-order valence-electron chi connectivity index (χ0n) is 11.4. The van der Waals surface area contributed by atoms with E-state index in [0.29, 0.717) is 16.7 Å². The number of hydrogen-bond acceptors (Lipinski definition) is 2. The molecule has 119 valence electrons. The van der Waals surface area contributed by atoms with Crippen molar-refractivity contribution in [3.8, 4) is 5.69 Å². The Morgan fingerprint density at radius 2 is 1.96 bits per heavy atom. The summed E-state index contributed by atoms with van der Waals surface area (Å²) >= 11 is 0. The molecule has 4 rings (SSSR count). The second-order valence-electron chi connectivity index (χ2n) is 4.80. The molecule has 0 fully saturated rings. The van der Waals surface area contributed by atoms with Gasteiger partial charge in [-0.25, -0.2) is 0 Å². The topological polar surface area (TPSA) is 31.0 Å². The molecule has 0 atom stereocenters. The van der Waals surface area contributed by atoms with Crippen molar-refractivity contribution in [2.75, 3.05) is 0 Å². The number of furan rings is 1. The first kappa shape index (κ1) is 15.8. The van der Waals surface area contributed by atoms with Gasteiger partial charge in [0.15, 0.2) is 0 Å². The molecular weight excluding hydrogens is 485 g/mol. The Bertz CT molecular complexity index is 974. The normalized spacial score (nSPS) is 11.8. The van der Waals surface area contributed by atoms with E-state index in [9.17, 15) is 13.2 Å². The minimum Gasteiger partial charge on any atom is -0.513 e. The third-order valence-corrected chi connectivity index (χ3v) is 3.48. The van der Waals surface area contributed by atoms with Gasteiger partial charge in [-0.15, -0.1) is 0 Å². The quantitative estimate of drug-likeness (QED) is 0.364. The fraction of sp³-hybridized carbons (Fsp3) is 0.0625. The summed E-state index contributed by atoms with van der Waals surface area (Å²) in [5.74, 6) is 0. The van der Waals surface area contributed by atoms with E-state index in [1.807, 2.05) is 0 Å². The van der Waals surface area contributed by atoms with Crippen LogP contribution in [0.5, 0.6) is 0 Å². The summed E-state index contributed by atoms with van der Waals surface area (Å²) in [6, 6.07) is 11.7. The van der Waals surface area contributed by atoms with E-state index < -0.39 is 11.7 Å². The molecule has 23 heavy (non-hydrogen) atoms. The van der Waals surface area contributed by atoms with Gasteiger partial charge in [-0.05, 0) is 23.9 Å². The smallest absolute Gasteiger partial charge is 0.417 e. The second-order valence-corrected chi connectivity index (χ2v) is 4.80. The summed E-state index contributed by atoms with van der Waals surface area (Å²) in [7, 11) is 0. The number of benzene rings is 2. The summed E-state index contributed by atoms with van der Waals surface area (Å²) in [5.41, 5.74) is 0.295. The number of nitrogens with zero attached hydrogens (tertiary/aromatic N) is 2. The fourth-order valence-electron chi connectivity index (χ4n) is 2.58. The van der Waals surface area contributed by atoms with Gasteiger partial charge in [0.05, 0.1) is 5.56 Å². The maximum absolute atomic E-state index is 13.2. The molecule has 0 aliphatic heterocycles. The molecule has 7 heteroatoms. The van der Waals surface area contributed by atoms with Gasteiger partial charge in [-0.3, -0.25) is 4.68 Å². The van der Waals surface area contributed by atoms with Crippen molar-refractivity contribution >= 4 is 21.9 Å². The molecule has 0 aliphatic rings. The third kappa shape index (κ3) is 2.46. The first-order valence-corrected chi connectivity index (χ1v) is 6.49. The van der Waals surface area contributed by atoms with Crippen LogP contribution in [0.2, 0.25) is 0 Å². The molecule has 0 unspecified atom stereocenters. The van der Waals surface area contributed by atoms with Crippen LogP contribution in [0.4, 0.5) is 13.2 Å². The SMILES string of the molecule is FC(F)(F)c1cccc2oc3c(-n4cccn4)[c-]ccc3c12.[Ir]. The van der Waals surface area contributed by atoms with Crippen molar-refractivity contribution in [3.63, 3.8) is 0 Å². The number of halogens is 3. The molecule has 1 radical (unpaired) electrons. The minimum absolute atomic E-state index is 0. The predicted molar refractivity (Wildman–Crippen MR) is 74.7 cm³/mol. The van der Waals surface area contributed by atoms with E-state index in [2.05, 4.69) is 11.2 Å². The Morgan fingerprint density at radius 3 is 2.65 bits per heavy atom. The van der Waals surface area contributed by atoms with E-state index >= 15 is 0 Å². The van der Waals surface area contributed by atoms with Crippen LogP contribution < -0.4 is 0 Å². The van der Waals surface area contributed by atoms with Gasteiger partial charge in [0.1, 0.15) is 5.58 Å². The van der Waals surface area contributed by atoms with Crippen molar-refractivity contribution < 1.29 is 37.7 Å². The first-order chi connectivity index (χ1) is 10.6. The molecule has 0 saturated heterocycles. The Morgan fingerprint density at radius 1 is 1.13 bits per heavy atom. The van der Waals surface area contributed by atoms with Gasteiger partial charge in [-0.1, -0.05) is 11.5 Å².